The lowest BCUT2D eigenvalue weighted by Crippen LogP contribution is -2.67. The van der Waals surface area contributed by atoms with E-state index in [4.69, 9.17) is 4.74 Å². The maximum absolute atomic E-state index is 13.1. The number of hydrogen-bond acceptors (Lipinski definition) is 8. The molecule has 10 heteroatoms. The van der Waals surface area contributed by atoms with Crippen LogP contribution < -0.4 is 15.4 Å². The van der Waals surface area contributed by atoms with E-state index in [2.05, 4.69) is 10.6 Å². The van der Waals surface area contributed by atoms with Crippen LogP contribution in [0.5, 0.6) is 11.5 Å². The van der Waals surface area contributed by atoms with Crippen molar-refractivity contribution in [3.63, 3.8) is 0 Å². The predicted molar refractivity (Wildman–Crippen MR) is 144 cm³/mol. The van der Waals surface area contributed by atoms with Gasteiger partial charge in [-0.2, -0.15) is 0 Å². The van der Waals surface area contributed by atoms with Crippen molar-refractivity contribution in [1.29, 1.82) is 0 Å². The number of nitrogens with one attached hydrogen (secondary N) is 2. The fourth-order valence-corrected chi connectivity index (χ4v) is 6.14. The van der Waals surface area contributed by atoms with Gasteiger partial charge in [0.25, 0.3) is 0 Å². The molecule has 3 atom stereocenters. The normalized spacial score (nSPS) is 19.7. The number of anilines is 1. The zero-order chi connectivity index (χ0) is 27.6. The van der Waals surface area contributed by atoms with Crippen LogP contribution in [0.2, 0.25) is 0 Å². The Morgan fingerprint density at radius 2 is 1.46 bits per heavy atom. The van der Waals surface area contributed by atoms with Gasteiger partial charge in [0.05, 0.1) is 17.1 Å². The van der Waals surface area contributed by atoms with Gasteiger partial charge in [0.1, 0.15) is 23.6 Å². The van der Waals surface area contributed by atoms with Crippen molar-refractivity contribution in [2.75, 3.05) is 11.1 Å². The molecule has 0 aromatic heterocycles. The highest BCUT2D eigenvalue weighted by Gasteiger charge is 2.50. The molecule has 2 saturated carbocycles. The number of carbonyl (C=O) groups excluding carboxylic acids is 2. The maximum atomic E-state index is 13.1. The van der Waals surface area contributed by atoms with Crippen molar-refractivity contribution in [2.45, 2.75) is 48.2 Å². The van der Waals surface area contributed by atoms with Crippen molar-refractivity contribution < 1.29 is 32.6 Å². The zero-order valence-corrected chi connectivity index (χ0v) is 21.8. The lowest BCUT2D eigenvalue weighted by atomic mass is 9.82. The van der Waals surface area contributed by atoms with Crippen LogP contribution in [-0.4, -0.2) is 54.9 Å². The summed E-state index contributed by atoms with van der Waals surface area (Å²) >= 11 is 0. The van der Waals surface area contributed by atoms with E-state index in [1.165, 1.54) is 12.1 Å². The van der Waals surface area contributed by atoms with Crippen molar-refractivity contribution in [2.24, 2.45) is 0 Å². The minimum atomic E-state index is -3.76. The van der Waals surface area contributed by atoms with Crippen LogP contribution >= 0.6 is 0 Å². The fourth-order valence-electron chi connectivity index (χ4n) is 4.56. The van der Waals surface area contributed by atoms with Gasteiger partial charge in [-0.05, 0) is 66.9 Å². The molecule has 202 valence electrons. The fraction of sp³-hybridized carbons (Fsp3) is 0.276. The summed E-state index contributed by atoms with van der Waals surface area (Å²) in [6, 6.07) is 20.8. The van der Waals surface area contributed by atoms with Crippen molar-refractivity contribution in [1.82, 2.24) is 5.32 Å². The molecule has 0 radical (unpaired) electrons. The van der Waals surface area contributed by atoms with Crippen LogP contribution in [0.25, 0.3) is 0 Å². The second-order valence-electron chi connectivity index (χ2n) is 9.85. The number of Topliss-reactive ketones (excluding diaryl/α,β-unsaturated/α-hetero) is 2. The van der Waals surface area contributed by atoms with Gasteiger partial charge in [0.2, 0.25) is 11.6 Å². The van der Waals surface area contributed by atoms with E-state index in [-0.39, 0.29) is 22.9 Å². The Morgan fingerprint density at radius 3 is 2.05 bits per heavy atom. The van der Waals surface area contributed by atoms with Gasteiger partial charge in [0.15, 0.2) is 9.84 Å². The van der Waals surface area contributed by atoms with Gasteiger partial charge in [-0.1, -0.05) is 30.3 Å². The average Bonchev–Trinajstić information content (AvgIpc) is 3.76. The summed E-state index contributed by atoms with van der Waals surface area (Å²) in [5.41, 5.74) is 1.33. The SMILES string of the molecule is O=C(O)CC(CS(=O)(=O)c1ccc(Oc2ccc(NC3C(=O)C(=O)C3NC3CC3)cc2)cc1)c1ccccc1. The monoisotopic (exact) mass is 548 g/mol. The molecular weight excluding hydrogens is 520 g/mol. The standard InChI is InChI=1S/C29H28N2O7S/c32-25(33)16-19(18-4-2-1-3-5-18)17-39(36,37)24-14-12-23(13-15-24)38-22-10-8-21(9-11-22)31-27-26(28(34)29(27)35)30-20-6-7-20/h1-5,8-15,19-20,26-27,30-31H,6-7,16-17H2,(H,32,33). The molecule has 0 heterocycles. The average molecular weight is 549 g/mol. The predicted octanol–water partition coefficient (Wildman–Crippen LogP) is 3.56. The number of sulfone groups is 1. The van der Waals surface area contributed by atoms with Gasteiger partial charge in [0, 0.05) is 17.6 Å². The Balaban J connectivity index is 1.20. The third kappa shape index (κ3) is 6.35. The molecule has 2 aliphatic rings. The van der Waals surface area contributed by atoms with E-state index in [0.717, 1.165) is 12.8 Å². The molecule has 0 amide bonds. The lowest BCUT2D eigenvalue weighted by Gasteiger charge is -2.35. The third-order valence-electron chi connectivity index (χ3n) is 6.84. The largest absolute Gasteiger partial charge is 0.481 e. The van der Waals surface area contributed by atoms with Gasteiger partial charge in [-0.15, -0.1) is 0 Å². The van der Waals surface area contributed by atoms with Gasteiger partial charge in [-0.3, -0.25) is 14.4 Å². The number of rotatable bonds is 12. The number of carboxylic acids is 1. The van der Waals surface area contributed by atoms with Crippen LogP contribution in [0, 0.1) is 0 Å². The highest BCUT2D eigenvalue weighted by Crippen LogP contribution is 2.29. The van der Waals surface area contributed by atoms with Gasteiger partial charge < -0.3 is 20.5 Å². The first kappa shape index (κ1) is 26.6. The summed E-state index contributed by atoms with van der Waals surface area (Å²) in [4.78, 5) is 35.3. The van der Waals surface area contributed by atoms with Crippen LogP contribution in [0.1, 0.15) is 30.7 Å². The quantitative estimate of drug-likeness (QED) is 0.290. The Bertz CT molecular complexity index is 1470. The molecule has 5 rings (SSSR count). The summed E-state index contributed by atoms with van der Waals surface area (Å²) in [5.74, 6) is -1.96. The first-order valence-electron chi connectivity index (χ1n) is 12.7. The smallest absolute Gasteiger partial charge is 0.303 e. The number of aliphatic carboxylic acids is 1. The van der Waals surface area contributed by atoms with Crippen LogP contribution in [0.15, 0.2) is 83.8 Å². The molecule has 2 fully saturated rings. The van der Waals surface area contributed by atoms with E-state index in [1.807, 2.05) is 0 Å². The lowest BCUT2D eigenvalue weighted by molar-refractivity contribution is -0.145. The molecule has 3 aromatic rings. The van der Waals surface area contributed by atoms with Crippen LogP contribution in [0.3, 0.4) is 0 Å². The minimum absolute atomic E-state index is 0.0785. The first-order valence-corrected chi connectivity index (χ1v) is 14.3. The van der Waals surface area contributed by atoms with Crippen molar-refractivity contribution in [3.8, 4) is 11.5 Å². The first-order chi connectivity index (χ1) is 18.7. The summed E-state index contributed by atoms with van der Waals surface area (Å²) in [7, 11) is -3.76. The summed E-state index contributed by atoms with van der Waals surface area (Å²) in [6.07, 6.45) is 1.74. The highest BCUT2D eigenvalue weighted by molar-refractivity contribution is 7.91. The number of carbonyl (C=O) groups is 3. The number of carboxylic acid groups (broad SMARTS) is 1. The Morgan fingerprint density at radius 1 is 0.872 bits per heavy atom. The van der Waals surface area contributed by atoms with E-state index in [1.54, 1.807) is 66.7 Å². The Kier molecular flexibility index (Phi) is 7.49. The van der Waals surface area contributed by atoms with E-state index < -0.39 is 39.6 Å². The summed E-state index contributed by atoms with van der Waals surface area (Å²) in [6.45, 7) is 0. The molecule has 3 N–H and O–H groups in total. The molecule has 0 spiro atoms. The van der Waals surface area contributed by atoms with Crippen molar-refractivity contribution >= 4 is 33.1 Å². The van der Waals surface area contributed by atoms with E-state index in [0.29, 0.717) is 28.8 Å². The summed E-state index contributed by atoms with van der Waals surface area (Å²) in [5, 5.41) is 15.6. The number of ketones is 2. The molecule has 0 aliphatic heterocycles. The topological polar surface area (TPSA) is 139 Å². The Labute approximate surface area is 226 Å². The Hall–Kier alpha value is -4.02. The molecule has 39 heavy (non-hydrogen) atoms. The second-order valence-corrected chi connectivity index (χ2v) is 11.9. The van der Waals surface area contributed by atoms with Crippen LogP contribution in [0.4, 0.5) is 5.69 Å². The number of hydrogen-bond donors (Lipinski definition) is 3. The van der Waals surface area contributed by atoms with Crippen LogP contribution in [-0.2, 0) is 24.2 Å². The molecule has 0 saturated heterocycles. The summed E-state index contributed by atoms with van der Waals surface area (Å²) < 4.78 is 32.0. The third-order valence-corrected chi connectivity index (χ3v) is 8.67. The van der Waals surface area contributed by atoms with Gasteiger partial charge in [-0.25, -0.2) is 8.42 Å². The van der Waals surface area contributed by atoms with Crippen molar-refractivity contribution in [3.05, 3.63) is 84.4 Å². The number of ether oxygens (including phenoxy) is 1. The minimum Gasteiger partial charge on any atom is -0.481 e. The molecule has 3 aromatic carbocycles. The second kappa shape index (κ2) is 11.0. The molecular formula is C29H28N2O7S. The maximum Gasteiger partial charge on any atom is 0.303 e. The zero-order valence-electron chi connectivity index (χ0n) is 20.9. The molecule has 2 aliphatic carbocycles. The molecule has 9 nitrogen and oxygen atoms in total. The van der Waals surface area contributed by atoms with E-state index in [9.17, 15) is 27.9 Å². The van der Waals surface area contributed by atoms with Gasteiger partial charge >= 0.3 is 5.97 Å². The molecule has 3 unspecified atom stereocenters. The highest BCUT2D eigenvalue weighted by atomic mass is 32.2. The van der Waals surface area contributed by atoms with E-state index >= 15 is 0 Å². The molecule has 0 bridgehead atoms. The number of benzene rings is 3.